The zero-order valence-corrected chi connectivity index (χ0v) is 25.2. The van der Waals surface area contributed by atoms with Crippen LogP contribution in [-0.2, 0) is 15.9 Å². The standard InChI is InChI=1S/C33H45FN4O3/c1-22(2)36(4)33(39)28-17-27(34)6-7-30(28)38-21-26(32-23(3)18-35-19-31(32)38)16-24-8-12-37(20-24)29(11-13-40-5)25-9-14-41-15-10-25/h6-7,17-19,21-22,24-25,29H,8-16,20H2,1-5H3/t24-,29-/m0/s1. The summed E-state index contributed by atoms with van der Waals surface area (Å²) >= 11 is 0. The first-order chi connectivity index (χ1) is 19.8. The molecular weight excluding hydrogens is 519 g/mol. The van der Waals surface area contributed by atoms with Gasteiger partial charge in [0.25, 0.3) is 5.91 Å². The van der Waals surface area contributed by atoms with Crippen molar-refractivity contribution in [2.75, 3.05) is 47.1 Å². The minimum Gasteiger partial charge on any atom is -0.385 e. The lowest BCUT2D eigenvalue weighted by molar-refractivity contribution is 0.0206. The number of benzene rings is 1. The number of fused-ring (bicyclic) bond motifs is 1. The van der Waals surface area contributed by atoms with Gasteiger partial charge in [0.2, 0.25) is 0 Å². The molecule has 0 N–H and O–H groups in total. The second-order valence-corrected chi connectivity index (χ2v) is 12.2. The third-order valence-electron chi connectivity index (χ3n) is 9.25. The molecule has 0 radical (unpaired) electrons. The van der Waals surface area contributed by atoms with Gasteiger partial charge in [0, 0.05) is 70.4 Å². The molecular formula is C33H45FN4O3. The smallest absolute Gasteiger partial charge is 0.256 e. The van der Waals surface area contributed by atoms with Gasteiger partial charge in [-0.2, -0.15) is 0 Å². The molecule has 2 aromatic heterocycles. The van der Waals surface area contributed by atoms with Gasteiger partial charge in [-0.3, -0.25) is 14.7 Å². The molecule has 0 unspecified atom stereocenters. The molecule has 2 saturated heterocycles. The van der Waals surface area contributed by atoms with Crippen LogP contribution in [0.5, 0.6) is 0 Å². The van der Waals surface area contributed by atoms with Gasteiger partial charge in [0.05, 0.1) is 23.0 Å². The Bertz CT molecular complexity index is 1350. The van der Waals surface area contributed by atoms with Crippen LogP contribution in [0.25, 0.3) is 16.6 Å². The average Bonchev–Trinajstić information content (AvgIpc) is 3.58. The topological polar surface area (TPSA) is 59.8 Å². The highest BCUT2D eigenvalue weighted by atomic mass is 19.1. The number of aromatic nitrogens is 2. The zero-order chi connectivity index (χ0) is 29.1. The molecule has 2 fully saturated rings. The lowest BCUT2D eigenvalue weighted by Gasteiger charge is -2.36. The summed E-state index contributed by atoms with van der Waals surface area (Å²) in [6.45, 7) is 10.7. The summed E-state index contributed by atoms with van der Waals surface area (Å²) in [4.78, 5) is 22.3. The number of hydrogen-bond donors (Lipinski definition) is 0. The molecule has 0 spiro atoms. The van der Waals surface area contributed by atoms with E-state index in [1.807, 2.05) is 30.8 Å². The predicted molar refractivity (Wildman–Crippen MR) is 160 cm³/mol. The fourth-order valence-corrected chi connectivity index (χ4v) is 6.81. The van der Waals surface area contributed by atoms with E-state index in [9.17, 15) is 9.18 Å². The van der Waals surface area contributed by atoms with Crippen LogP contribution in [0.15, 0.2) is 36.8 Å². The summed E-state index contributed by atoms with van der Waals surface area (Å²) in [5.74, 6) is 0.582. The van der Waals surface area contributed by atoms with E-state index in [4.69, 9.17) is 9.47 Å². The molecule has 3 aromatic rings. The number of carbonyl (C=O) groups excluding carboxylic acids is 1. The summed E-state index contributed by atoms with van der Waals surface area (Å²) in [5, 5.41) is 1.18. The van der Waals surface area contributed by atoms with Crippen LogP contribution >= 0.6 is 0 Å². The quantitative estimate of drug-likeness (QED) is 0.319. The van der Waals surface area contributed by atoms with Gasteiger partial charge in [-0.15, -0.1) is 0 Å². The number of hydrogen-bond acceptors (Lipinski definition) is 5. The third kappa shape index (κ3) is 6.35. The lowest BCUT2D eigenvalue weighted by Crippen LogP contribution is -2.42. The molecule has 1 amide bonds. The van der Waals surface area contributed by atoms with Gasteiger partial charge in [0.15, 0.2) is 0 Å². The molecule has 41 heavy (non-hydrogen) atoms. The van der Waals surface area contributed by atoms with Crippen LogP contribution in [0.4, 0.5) is 4.39 Å². The monoisotopic (exact) mass is 564 g/mol. The predicted octanol–water partition coefficient (Wildman–Crippen LogP) is 5.65. The molecule has 8 heteroatoms. The molecule has 5 rings (SSSR count). The Labute approximate surface area is 243 Å². The lowest BCUT2D eigenvalue weighted by atomic mass is 9.88. The summed E-state index contributed by atoms with van der Waals surface area (Å²) in [6.07, 6.45) is 11.3. The number of ether oxygens (including phenoxy) is 2. The van der Waals surface area contributed by atoms with Crippen molar-refractivity contribution in [2.24, 2.45) is 11.8 Å². The molecule has 7 nitrogen and oxygen atoms in total. The van der Waals surface area contributed by atoms with Crippen molar-refractivity contribution in [2.45, 2.75) is 65.0 Å². The van der Waals surface area contributed by atoms with E-state index in [-0.39, 0.29) is 11.9 Å². The fourth-order valence-electron chi connectivity index (χ4n) is 6.81. The average molecular weight is 565 g/mol. The highest BCUT2D eigenvalue weighted by molar-refractivity contribution is 5.99. The van der Waals surface area contributed by atoms with E-state index in [1.165, 1.54) is 23.1 Å². The Balaban J connectivity index is 1.45. The number of aryl methyl sites for hydroxylation is 1. The first-order valence-corrected chi connectivity index (χ1v) is 15.1. The van der Waals surface area contributed by atoms with Gasteiger partial charge in [0.1, 0.15) is 5.82 Å². The molecule has 2 aliphatic heterocycles. The van der Waals surface area contributed by atoms with Crippen LogP contribution in [0.1, 0.15) is 61.0 Å². The van der Waals surface area contributed by atoms with E-state index in [1.54, 1.807) is 25.1 Å². The number of nitrogens with zero attached hydrogens (tertiary/aromatic N) is 4. The number of amides is 1. The van der Waals surface area contributed by atoms with Crippen molar-refractivity contribution in [1.29, 1.82) is 0 Å². The minimum atomic E-state index is -0.418. The summed E-state index contributed by atoms with van der Waals surface area (Å²) in [7, 11) is 3.56. The Kier molecular flexibility index (Phi) is 9.42. The molecule has 0 bridgehead atoms. The van der Waals surface area contributed by atoms with E-state index in [0.29, 0.717) is 29.1 Å². The maximum absolute atomic E-state index is 14.4. The molecule has 4 heterocycles. The zero-order valence-electron chi connectivity index (χ0n) is 25.2. The minimum absolute atomic E-state index is 0.00124. The Morgan fingerprint density at radius 1 is 1.22 bits per heavy atom. The van der Waals surface area contributed by atoms with Gasteiger partial charge in [-0.1, -0.05) is 0 Å². The number of methoxy groups -OCH3 is 1. The maximum Gasteiger partial charge on any atom is 0.256 e. The number of carbonyl (C=O) groups is 1. The highest BCUT2D eigenvalue weighted by Crippen LogP contribution is 2.35. The van der Waals surface area contributed by atoms with E-state index in [0.717, 1.165) is 76.1 Å². The van der Waals surface area contributed by atoms with Crippen molar-refractivity contribution in [3.63, 3.8) is 0 Å². The van der Waals surface area contributed by atoms with Gasteiger partial charge in [-0.05, 0) is 101 Å². The van der Waals surface area contributed by atoms with Crippen molar-refractivity contribution in [1.82, 2.24) is 19.4 Å². The van der Waals surface area contributed by atoms with Crippen molar-refractivity contribution >= 4 is 16.8 Å². The van der Waals surface area contributed by atoms with E-state index >= 15 is 0 Å². The first kappa shape index (κ1) is 29.7. The highest BCUT2D eigenvalue weighted by Gasteiger charge is 2.34. The third-order valence-corrected chi connectivity index (χ3v) is 9.25. The second-order valence-electron chi connectivity index (χ2n) is 12.2. The molecule has 1 aromatic carbocycles. The molecule has 222 valence electrons. The summed E-state index contributed by atoms with van der Waals surface area (Å²) in [6, 6.07) is 5.03. The number of likely N-dealkylation sites (tertiary alicyclic amines) is 1. The molecule has 0 aliphatic carbocycles. The number of pyridine rings is 1. The number of rotatable bonds is 10. The van der Waals surface area contributed by atoms with Crippen LogP contribution < -0.4 is 0 Å². The molecule has 0 saturated carbocycles. The van der Waals surface area contributed by atoms with E-state index in [2.05, 4.69) is 23.0 Å². The first-order valence-electron chi connectivity index (χ1n) is 15.1. The maximum atomic E-state index is 14.4. The van der Waals surface area contributed by atoms with E-state index < -0.39 is 5.82 Å². The van der Waals surface area contributed by atoms with Gasteiger partial charge >= 0.3 is 0 Å². The Hall–Kier alpha value is -2.81. The second kappa shape index (κ2) is 13.0. The molecule has 2 atom stereocenters. The molecule has 2 aliphatic rings. The van der Waals surface area contributed by atoms with Crippen molar-refractivity contribution < 1.29 is 18.7 Å². The largest absolute Gasteiger partial charge is 0.385 e. The van der Waals surface area contributed by atoms with Crippen LogP contribution in [-0.4, -0.2) is 84.4 Å². The Morgan fingerprint density at radius 2 is 2.00 bits per heavy atom. The van der Waals surface area contributed by atoms with Gasteiger partial charge in [-0.25, -0.2) is 4.39 Å². The number of halogens is 1. The van der Waals surface area contributed by atoms with Crippen LogP contribution in [0.2, 0.25) is 0 Å². The SMILES string of the molecule is COCC[C@@H](C1CCOCC1)N1CC[C@@H](Cc2cn(-c3ccc(F)cc3C(=O)N(C)C(C)C)c3cncc(C)c23)C1. The summed E-state index contributed by atoms with van der Waals surface area (Å²) in [5.41, 5.74) is 4.35. The summed E-state index contributed by atoms with van der Waals surface area (Å²) < 4.78 is 27.6. The normalized spacial score (nSPS) is 19.3. The van der Waals surface area contributed by atoms with Crippen LogP contribution in [0.3, 0.4) is 0 Å². The Morgan fingerprint density at radius 3 is 2.73 bits per heavy atom. The van der Waals surface area contributed by atoms with Crippen LogP contribution in [0, 0.1) is 24.6 Å². The fraction of sp³-hybridized carbons (Fsp3) is 0.576. The van der Waals surface area contributed by atoms with Crippen molar-refractivity contribution in [3.8, 4) is 5.69 Å². The van der Waals surface area contributed by atoms with Crippen molar-refractivity contribution in [3.05, 3.63) is 59.3 Å². The van der Waals surface area contributed by atoms with Gasteiger partial charge < -0.3 is 18.9 Å².